The molecule has 0 bridgehead atoms. The van der Waals surface area contributed by atoms with Crippen LogP contribution in [0.15, 0.2) is 0 Å². The molecule has 0 heterocycles. The molecule has 2 N–H and O–H groups in total. The second-order valence-electron chi connectivity index (χ2n) is 3.58. The number of aliphatic hydroxyl groups is 1. The highest BCUT2D eigenvalue weighted by molar-refractivity contribution is 7.80. The smallest absolute Gasteiger partial charge is 0.387 e. The Morgan fingerprint density at radius 3 is 1.58 bits per heavy atom. The zero-order valence-corrected chi connectivity index (χ0v) is 8.34. The van der Waals surface area contributed by atoms with E-state index in [4.69, 9.17) is 4.55 Å². The fourth-order valence-electron chi connectivity index (χ4n) is 0.365. The van der Waals surface area contributed by atoms with E-state index in [1.54, 1.807) is 0 Å². The van der Waals surface area contributed by atoms with Gasteiger partial charge in [0, 0.05) is 0 Å². The highest BCUT2D eigenvalue weighted by atomic mass is 32.3. The van der Waals surface area contributed by atoms with Crippen molar-refractivity contribution >= 4 is 10.4 Å². The molecule has 0 fully saturated rings. The summed E-state index contributed by atoms with van der Waals surface area (Å²) in [6, 6.07) is 0. The molecule has 0 radical (unpaired) electrons. The van der Waals surface area contributed by atoms with Crippen LogP contribution < -0.4 is 0 Å². The van der Waals surface area contributed by atoms with Crippen LogP contribution in [0.25, 0.3) is 0 Å². The Hall–Kier alpha value is -0.170. The van der Waals surface area contributed by atoms with Crippen molar-refractivity contribution in [3.8, 4) is 0 Å². The Bertz CT molecular complexity index is 246. The van der Waals surface area contributed by atoms with Crippen molar-refractivity contribution in [2.45, 2.75) is 38.9 Å². The average Bonchev–Trinajstić information content (AvgIpc) is 1.52. The Morgan fingerprint density at radius 2 is 1.50 bits per heavy atom. The van der Waals surface area contributed by atoms with Gasteiger partial charge in [-0.05, 0) is 27.7 Å². The average molecular weight is 198 g/mol. The largest absolute Gasteiger partial charge is 0.397 e. The van der Waals surface area contributed by atoms with Crippen molar-refractivity contribution in [3.05, 3.63) is 0 Å². The minimum Gasteiger partial charge on any atom is -0.387 e. The first-order valence-electron chi connectivity index (χ1n) is 3.36. The minimum absolute atomic E-state index is 1.36. The number of hydrogen-bond donors (Lipinski definition) is 2. The summed E-state index contributed by atoms with van der Waals surface area (Å²) in [4.78, 5) is 0. The molecule has 12 heavy (non-hydrogen) atoms. The lowest BCUT2D eigenvalue weighted by Crippen LogP contribution is -2.48. The van der Waals surface area contributed by atoms with Crippen molar-refractivity contribution in [3.63, 3.8) is 0 Å². The van der Waals surface area contributed by atoms with Crippen LogP contribution in [0, 0.1) is 0 Å². The zero-order valence-electron chi connectivity index (χ0n) is 7.53. The zero-order chi connectivity index (χ0) is 10.2. The SMILES string of the molecule is CC(C)(O)C(C)(C)OS(=O)(=O)O. The maximum atomic E-state index is 10.3. The second-order valence-corrected chi connectivity index (χ2v) is 4.60. The van der Waals surface area contributed by atoms with Crippen LogP contribution >= 0.6 is 0 Å². The third-order valence-electron chi connectivity index (χ3n) is 1.79. The summed E-state index contributed by atoms with van der Waals surface area (Å²) in [5.74, 6) is 0. The van der Waals surface area contributed by atoms with Crippen LogP contribution in [0.5, 0.6) is 0 Å². The van der Waals surface area contributed by atoms with Gasteiger partial charge in [-0.15, -0.1) is 0 Å². The van der Waals surface area contributed by atoms with E-state index in [9.17, 15) is 13.5 Å². The van der Waals surface area contributed by atoms with Gasteiger partial charge in [-0.2, -0.15) is 8.42 Å². The Morgan fingerprint density at radius 1 is 1.17 bits per heavy atom. The first kappa shape index (κ1) is 11.8. The van der Waals surface area contributed by atoms with Crippen LogP contribution in [0.2, 0.25) is 0 Å². The van der Waals surface area contributed by atoms with Crippen molar-refractivity contribution in [1.82, 2.24) is 0 Å². The van der Waals surface area contributed by atoms with Gasteiger partial charge >= 0.3 is 10.4 Å². The maximum absolute atomic E-state index is 10.3. The third-order valence-corrected chi connectivity index (χ3v) is 2.41. The molecule has 0 aromatic carbocycles. The fourth-order valence-corrected chi connectivity index (χ4v) is 1.10. The van der Waals surface area contributed by atoms with E-state index in [1.165, 1.54) is 27.7 Å². The van der Waals surface area contributed by atoms with Gasteiger partial charge in [0.05, 0.1) is 5.60 Å². The van der Waals surface area contributed by atoms with Gasteiger partial charge in [0.15, 0.2) is 0 Å². The fraction of sp³-hybridized carbons (Fsp3) is 1.00. The molecular formula is C6H14O5S. The Kier molecular flexibility index (Phi) is 2.91. The normalized spacial score (nSPS) is 14.8. The monoisotopic (exact) mass is 198 g/mol. The first-order chi connectivity index (χ1) is 4.96. The predicted molar refractivity (Wildman–Crippen MR) is 43.0 cm³/mol. The van der Waals surface area contributed by atoms with Gasteiger partial charge in [0.1, 0.15) is 5.60 Å². The number of hydrogen-bond acceptors (Lipinski definition) is 4. The summed E-state index contributed by atoms with van der Waals surface area (Å²) >= 11 is 0. The molecule has 6 heteroatoms. The van der Waals surface area contributed by atoms with Gasteiger partial charge in [-0.1, -0.05) is 0 Å². The summed E-state index contributed by atoms with van der Waals surface area (Å²) in [6.07, 6.45) is 0. The van der Waals surface area contributed by atoms with E-state index >= 15 is 0 Å². The lowest BCUT2D eigenvalue weighted by molar-refractivity contribution is -0.0918. The number of rotatable bonds is 3. The van der Waals surface area contributed by atoms with Gasteiger partial charge in [-0.3, -0.25) is 4.55 Å². The maximum Gasteiger partial charge on any atom is 0.397 e. The Labute approximate surface area is 72.3 Å². The van der Waals surface area contributed by atoms with E-state index in [1.807, 2.05) is 0 Å². The molecule has 0 aliphatic carbocycles. The topological polar surface area (TPSA) is 83.8 Å². The van der Waals surface area contributed by atoms with E-state index in [2.05, 4.69) is 4.18 Å². The summed E-state index contributed by atoms with van der Waals surface area (Å²) in [6.45, 7) is 5.50. The Balaban J connectivity index is 4.67. The molecule has 74 valence electrons. The van der Waals surface area contributed by atoms with E-state index < -0.39 is 21.6 Å². The minimum atomic E-state index is -4.52. The lowest BCUT2D eigenvalue weighted by atomic mass is 9.90. The van der Waals surface area contributed by atoms with E-state index in [0.717, 1.165) is 0 Å². The van der Waals surface area contributed by atoms with Crippen LogP contribution in [0.3, 0.4) is 0 Å². The molecule has 0 amide bonds. The van der Waals surface area contributed by atoms with E-state index in [-0.39, 0.29) is 0 Å². The highest BCUT2D eigenvalue weighted by Crippen LogP contribution is 2.26. The van der Waals surface area contributed by atoms with Crippen LogP contribution in [0.4, 0.5) is 0 Å². The molecule has 0 aliphatic rings. The van der Waals surface area contributed by atoms with Crippen molar-refractivity contribution < 1.29 is 22.3 Å². The standard InChI is InChI=1S/C6H14O5S/c1-5(2,7)6(3,4)11-12(8,9)10/h7H,1-4H3,(H,8,9,10). The summed E-state index contributed by atoms with van der Waals surface area (Å²) in [7, 11) is -4.52. The van der Waals surface area contributed by atoms with Gasteiger partial charge < -0.3 is 5.11 Å². The molecule has 0 spiro atoms. The molecular weight excluding hydrogens is 184 g/mol. The van der Waals surface area contributed by atoms with E-state index in [0.29, 0.717) is 0 Å². The van der Waals surface area contributed by atoms with Crippen molar-refractivity contribution in [2.24, 2.45) is 0 Å². The third kappa shape index (κ3) is 3.48. The molecule has 0 saturated heterocycles. The van der Waals surface area contributed by atoms with Gasteiger partial charge in [0.2, 0.25) is 0 Å². The van der Waals surface area contributed by atoms with Crippen molar-refractivity contribution in [2.75, 3.05) is 0 Å². The van der Waals surface area contributed by atoms with Crippen molar-refractivity contribution in [1.29, 1.82) is 0 Å². The van der Waals surface area contributed by atoms with Crippen LogP contribution in [-0.2, 0) is 14.6 Å². The van der Waals surface area contributed by atoms with Gasteiger partial charge in [-0.25, -0.2) is 4.18 Å². The molecule has 0 aromatic heterocycles. The molecule has 0 rings (SSSR count). The lowest BCUT2D eigenvalue weighted by Gasteiger charge is -2.34. The summed E-state index contributed by atoms with van der Waals surface area (Å²) < 4.78 is 33.3. The van der Waals surface area contributed by atoms with Crippen LogP contribution in [-0.4, -0.2) is 29.3 Å². The molecule has 0 atom stereocenters. The highest BCUT2D eigenvalue weighted by Gasteiger charge is 2.39. The summed E-state index contributed by atoms with van der Waals surface area (Å²) in [5, 5.41) is 9.41. The molecule has 0 unspecified atom stereocenters. The van der Waals surface area contributed by atoms with Crippen LogP contribution in [0.1, 0.15) is 27.7 Å². The molecule has 0 saturated carbocycles. The quantitative estimate of drug-likeness (QED) is 0.639. The molecule has 5 nitrogen and oxygen atoms in total. The molecule has 0 aliphatic heterocycles. The summed E-state index contributed by atoms with van der Waals surface area (Å²) in [5.41, 5.74) is -2.72. The first-order valence-corrected chi connectivity index (χ1v) is 4.73. The molecule has 0 aromatic rings. The second kappa shape index (κ2) is 2.95. The predicted octanol–water partition coefficient (Wildman–Crippen LogP) is 0.355. The van der Waals surface area contributed by atoms with Gasteiger partial charge in [0.25, 0.3) is 0 Å².